The first-order valence-electron chi connectivity index (χ1n) is 3.31. The molecule has 1 heterocycles. The number of pyridine rings is 1. The first-order valence-corrected chi connectivity index (χ1v) is 3.31. The highest BCUT2D eigenvalue weighted by Crippen LogP contribution is 2.09. The predicted molar refractivity (Wildman–Crippen MR) is 40.2 cm³/mol. The zero-order valence-corrected chi connectivity index (χ0v) is 6.00. The van der Waals surface area contributed by atoms with Crippen molar-refractivity contribution in [3.63, 3.8) is 0 Å². The van der Waals surface area contributed by atoms with Crippen molar-refractivity contribution in [3.05, 3.63) is 29.8 Å². The van der Waals surface area contributed by atoms with Crippen LogP contribution in [0.5, 0.6) is 0 Å². The maximum absolute atomic E-state index is 12.8. The van der Waals surface area contributed by atoms with Gasteiger partial charge in [-0.05, 0) is 12.1 Å². The molecule has 0 saturated carbocycles. The van der Waals surface area contributed by atoms with E-state index in [9.17, 15) is 4.39 Å². The highest BCUT2D eigenvalue weighted by molar-refractivity contribution is 5.11. The van der Waals surface area contributed by atoms with Crippen molar-refractivity contribution in [2.45, 2.75) is 6.04 Å². The van der Waals surface area contributed by atoms with Crippen LogP contribution < -0.4 is 11.5 Å². The van der Waals surface area contributed by atoms with Gasteiger partial charge in [0.25, 0.3) is 0 Å². The molecule has 0 amide bonds. The lowest BCUT2D eigenvalue weighted by molar-refractivity contribution is 0.568. The largest absolute Gasteiger partial charge is 0.329 e. The Morgan fingerprint density at radius 3 is 2.91 bits per heavy atom. The number of aromatic nitrogens is 1. The summed E-state index contributed by atoms with van der Waals surface area (Å²) in [6.07, 6.45) is 1.49. The van der Waals surface area contributed by atoms with E-state index in [1.54, 1.807) is 0 Å². The Balaban J connectivity index is 2.93. The van der Waals surface area contributed by atoms with Gasteiger partial charge in [0.15, 0.2) is 0 Å². The van der Waals surface area contributed by atoms with E-state index in [1.807, 2.05) is 0 Å². The second-order valence-electron chi connectivity index (χ2n) is 2.21. The minimum atomic E-state index is -0.504. The van der Waals surface area contributed by atoms with E-state index < -0.39 is 11.9 Å². The van der Waals surface area contributed by atoms with Crippen molar-refractivity contribution in [3.8, 4) is 0 Å². The standard InChI is InChI=1S/C7H10FN3/c8-5-2-1-3-11-7(5)6(10)4-9/h1-3,6H,4,9-10H2/t6-/m1/s1. The van der Waals surface area contributed by atoms with Crippen molar-refractivity contribution in [1.82, 2.24) is 4.98 Å². The molecule has 3 nitrogen and oxygen atoms in total. The van der Waals surface area contributed by atoms with Crippen LogP contribution >= 0.6 is 0 Å². The molecule has 0 aliphatic rings. The summed E-state index contributed by atoms with van der Waals surface area (Å²) in [6.45, 7) is 0.202. The van der Waals surface area contributed by atoms with E-state index in [4.69, 9.17) is 11.5 Å². The third kappa shape index (κ3) is 1.72. The van der Waals surface area contributed by atoms with Crippen molar-refractivity contribution in [1.29, 1.82) is 0 Å². The summed E-state index contributed by atoms with van der Waals surface area (Å²) < 4.78 is 12.8. The third-order valence-corrected chi connectivity index (χ3v) is 1.39. The van der Waals surface area contributed by atoms with Crippen molar-refractivity contribution in [2.75, 3.05) is 6.54 Å². The fourth-order valence-electron chi connectivity index (χ4n) is 0.782. The fraction of sp³-hybridized carbons (Fsp3) is 0.286. The van der Waals surface area contributed by atoms with Gasteiger partial charge in [-0.2, -0.15) is 0 Å². The van der Waals surface area contributed by atoms with E-state index >= 15 is 0 Å². The molecule has 0 spiro atoms. The zero-order valence-electron chi connectivity index (χ0n) is 6.00. The summed E-state index contributed by atoms with van der Waals surface area (Å²) in [6, 6.07) is 2.33. The highest BCUT2D eigenvalue weighted by Gasteiger charge is 2.09. The molecule has 1 aromatic rings. The third-order valence-electron chi connectivity index (χ3n) is 1.39. The maximum atomic E-state index is 12.8. The predicted octanol–water partition coefficient (Wildman–Crippen LogP) is 0.179. The van der Waals surface area contributed by atoms with Gasteiger partial charge in [-0.1, -0.05) is 0 Å². The monoisotopic (exact) mass is 155 g/mol. The van der Waals surface area contributed by atoms with Gasteiger partial charge < -0.3 is 11.5 Å². The average molecular weight is 155 g/mol. The normalized spacial score (nSPS) is 13.0. The van der Waals surface area contributed by atoms with E-state index in [0.29, 0.717) is 0 Å². The summed E-state index contributed by atoms with van der Waals surface area (Å²) in [7, 11) is 0. The highest BCUT2D eigenvalue weighted by atomic mass is 19.1. The summed E-state index contributed by atoms with van der Waals surface area (Å²) >= 11 is 0. The number of hydrogen-bond donors (Lipinski definition) is 2. The lowest BCUT2D eigenvalue weighted by Crippen LogP contribution is -2.22. The van der Waals surface area contributed by atoms with E-state index in [-0.39, 0.29) is 12.2 Å². The number of halogens is 1. The fourth-order valence-corrected chi connectivity index (χ4v) is 0.782. The Kier molecular flexibility index (Phi) is 2.51. The van der Waals surface area contributed by atoms with Crippen LogP contribution in [0.4, 0.5) is 4.39 Å². The quantitative estimate of drug-likeness (QED) is 0.640. The molecular formula is C7H10FN3. The van der Waals surface area contributed by atoms with E-state index in [2.05, 4.69) is 4.98 Å². The minimum Gasteiger partial charge on any atom is -0.329 e. The second-order valence-corrected chi connectivity index (χ2v) is 2.21. The van der Waals surface area contributed by atoms with Gasteiger partial charge in [0.05, 0.1) is 11.7 Å². The van der Waals surface area contributed by atoms with Gasteiger partial charge in [0.2, 0.25) is 0 Å². The molecule has 0 saturated heterocycles. The van der Waals surface area contributed by atoms with Crippen LogP contribution in [0, 0.1) is 5.82 Å². The van der Waals surface area contributed by atoms with Crippen LogP contribution in [-0.2, 0) is 0 Å². The molecule has 0 radical (unpaired) electrons. The van der Waals surface area contributed by atoms with Gasteiger partial charge in [-0.25, -0.2) is 4.39 Å². The van der Waals surface area contributed by atoms with Crippen LogP contribution in [0.3, 0.4) is 0 Å². The number of nitrogens with two attached hydrogens (primary N) is 2. The summed E-state index contributed by atoms with van der Waals surface area (Å²) in [5, 5.41) is 0. The van der Waals surface area contributed by atoms with Gasteiger partial charge in [0, 0.05) is 12.7 Å². The molecule has 0 fully saturated rings. The van der Waals surface area contributed by atoms with Crippen molar-refractivity contribution >= 4 is 0 Å². The molecule has 60 valence electrons. The average Bonchev–Trinajstić information content (AvgIpc) is 2.04. The zero-order chi connectivity index (χ0) is 8.27. The molecule has 0 unspecified atom stereocenters. The number of hydrogen-bond acceptors (Lipinski definition) is 3. The van der Waals surface area contributed by atoms with Crippen molar-refractivity contribution < 1.29 is 4.39 Å². The number of rotatable bonds is 2. The van der Waals surface area contributed by atoms with Gasteiger partial charge >= 0.3 is 0 Å². The van der Waals surface area contributed by atoms with Crippen LogP contribution in [0.1, 0.15) is 11.7 Å². The maximum Gasteiger partial charge on any atom is 0.146 e. The van der Waals surface area contributed by atoms with Crippen LogP contribution in [0.25, 0.3) is 0 Å². The van der Waals surface area contributed by atoms with Crippen LogP contribution in [0.15, 0.2) is 18.3 Å². The first-order chi connectivity index (χ1) is 5.25. The topological polar surface area (TPSA) is 64.9 Å². The van der Waals surface area contributed by atoms with Crippen molar-refractivity contribution in [2.24, 2.45) is 11.5 Å². The molecule has 0 aliphatic carbocycles. The molecule has 4 N–H and O–H groups in total. The van der Waals surface area contributed by atoms with Gasteiger partial charge in [0.1, 0.15) is 5.82 Å². The number of nitrogens with zero attached hydrogens (tertiary/aromatic N) is 1. The molecule has 1 rings (SSSR count). The lowest BCUT2D eigenvalue weighted by Gasteiger charge is -2.07. The molecule has 0 bridgehead atoms. The van der Waals surface area contributed by atoms with Crippen LogP contribution in [-0.4, -0.2) is 11.5 Å². The Morgan fingerprint density at radius 1 is 1.64 bits per heavy atom. The minimum absolute atomic E-state index is 0.202. The smallest absolute Gasteiger partial charge is 0.146 e. The van der Waals surface area contributed by atoms with Crippen LogP contribution in [0.2, 0.25) is 0 Å². The molecule has 0 aromatic carbocycles. The Morgan fingerprint density at radius 2 is 2.36 bits per heavy atom. The molecule has 1 atom stereocenters. The van der Waals surface area contributed by atoms with E-state index in [1.165, 1.54) is 18.3 Å². The second kappa shape index (κ2) is 3.41. The van der Waals surface area contributed by atoms with Gasteiger partial charge in [-0.15, -0.1) is 0 Å². The molecule has 4 heteroatoms. The van der Waals surface area contributed by atoms with Gasteiger partial charge in [-0.3, -0.25) is 4.98 Å². The summed E-state index contributed by atoms with van der Waals surface area (Å²) in [5.41, 5.74) is 10.9. The lowest BCUT2D eigenvalue weighted by atomic mass is 10.2. The molecule has 11 heavy (non-hydrogen) atoms. The molecule has 0 aliphatic heterocycles. The SMILES string of the molecule is NC[C@@H](N)c1ncccc1F. The summed E-state index contributed by atoms with van der Waals surface area (Å²) in [4.78, 5) is 3.77. The first kappa shape index (κ1) is 8.10. The molecular weight excluding hydrogens is 145 g/mol. The Hall–Kier alpha value is -1.00. The summed E-state index contributed by atoms with van der Waals surface area (Å²) in [5.74, 6) is -0.398. The van der Waals surface area contributed by atoms with E-state index in [0.717, 1.165) is 0 Å². The Labute approximate surface area is 64.2 Å². The Bertz CT molecular complexity index is 239. The molecule has 1 aromatic heterocycles.